The molecule has 1 aromatic carbocycles. The summed E-state index contributed by atoms with van der Waals surface area (Å²) in [5.74, 6) is -0.0401. The van der Waals surface area contributed by atoms with Gasteiger partial charge < -0.3 is 10.1 Å². The number of benzene rings is 1. The normalized spacial score (nSPS) is 10.8. The molecule has 2 rings (SSSR count). The maximum absolute atomic E-state index is 12.1. The second-order valence-electron chi connectivity index (χ2n) is 3.90. The van der Waals surface area contributed by atoms with Gasteiger partial charge in [-0.2, -0.15) is 13.9 Å². The van der Waals surface area contributed by atoms with E-state index in [1.807, 2.05) is 6.92 Å². The number of anilines is 1. The van der Waals surface area contributed by atoms with Crippen molar-refractivity contribution in [2.45, 2.75) is 20.1 Å². The minimum atomic E-state index is -2.88. The average Bonchev–Trinajstić information content (AvgIpc) is 2.75. The third kappa shape index (κ3) is 3.57. The SMILES string of the molecule is Cc1[nH]ncc1CNc1ccc(OC(F)F)c(Cl)c1. The second kappa shape index (κ2) is 5.88. The lowest BCUT2D eigenvalue weighted by molar-refractivity contribution is -0.0497. The highest BCUT2D eigenvalue weighted by Gasteiger charge is 2.09. The van der Waals surface area contributed by atoms with Crippen molar-refractivity contribution in [3.05, 3.63) is 40.7 Å². The van der Waals surface area contributed by atoms with E-state index in [-0.39, 0.29) is 10.8 Å². The highest BCUT2D eigenvalue weighted by Crippen LogP contribution is 2.29. The fourth-order valence-corrected chi connectivity index (χ4v) is 1.78. The topological polar surface area (TPSA) is 49.9 Å². The van der Waals surface area contributed by atoms with Crippen molar-refractivity contribution in [1.82, 2.24) is 10.2 Å². The Morgan fingerprint density at radius 2 is 2.26 bits per heavy atom. The molecule has 19 heavy (non-hydrogen) atoms. The monoisotopic (exact) mass is 287 g/mol. The zero-order valence-corrected chi connectivity index (χ0v) is 10.8. The first-order valence-corrected chi connectivity index (χ1v) is 5.91. The summed E-state index contributed by atoms with van der Waals surface area (Å²) in [7, 11) is 0. The predicted molar refractivity (Wildman–Crippen MR) is 68.7 cm³/mol. The summed E-state index contributed by atoms with van der Waals surface area (Å²) in [4.78, 5) is 0. The molecule has 0 bridgehead atoms. The molecule has 0 atom stereocenters. The van der Waals surface area contributed by atoms with Crippen LogP contribution in [0.25, 0.3) is 0 Å². The summed E-state index contributed by atoms with van der Waals surface area (Å²) in [6, 6.07) is 4.56. The van der Waals surface area contributed by atoms with E-state index in [0.29, 0.717) is 12.2 Å². The highest BCUT2D eigenvalue weighted by molar-refractivity contribution is 6.32. The lowest BCUT2D eigenvalue weighted by Crippen LogP contribution is -2.03. The Kier molecular flexibility index (Phi) is 4.21. The molecule has 0 saturated heterocycles. The molecule has 4 nitrogen and oxygen atoms in total. The van der Waals surface area contributed by atoms with Crippen LogP contribution in [0.3, 0.4) is 0 Å². The van der Waals surface area contributed by atoms with E-state index in [1.165, 1.54) is 12.1 Å². The van der Waals surface area contributed by atoms with Crippen LogP contribution in [-0.2, 0) is 6.54 Å². The third-order valence-corrected chi connectivity index (χ3v) is 2.86. The van der Waals surface area contributed by atoms with Crippen LogP contribution < -0.4 is 10.1 Å². The summed E-state index contributed by atoms with van der Waals surface area (Å²) in [6.07, 6.45) is 1.72. The van der Waals surface area contributed by atoms with Gasteiger partial charge in [-0.3, -0.25) is 5.10 Å². The maximum Gasteiger partial charge on any atom is 0.387 e. The standard InChI is InChI=1S/C12H12ClF2N3O/c1-7-8(6-17-18-7)5-16-9-2-3-11(10(13)4-9)19-12(14)15/h2-4,6,12,16H,5H2,1H3,(H,17,18). The maximum atomic E-state index is 12.1. The van der Waals surface area contributed by atoms with Crippen molar-refractivity contribution < 1.29 is 13.5 Å². The fourth-order valence-electron chi connectivity index (χ4n) is 1.55. The molecule has 7 heteroatoms. The van der Waals surface area contributed by atoms with Crippen molar-refractivity contribution in [1.29, 1.82) is 0 Å². The number of ether oxygens (including phenoxy) is 1. The van der Waals surface area contributed by atoms with E-state index in [1.54, 1.807) is 12.3 Å². The van der Waals surface area contributed by atoms with E-state index in [0.717, 1.165) is 11.3 Å². The Hall–Kier alpha value is -1.82. The molecule has 2 aromatic rings. The van der Waals surface area contributed by atoms with Crippen LogP contribution in [0.1, 0.15) is 11.3 Å². The van der Waals surface area contributed by atoms with Crippen LogP contribution in [-0.4, -0.2) is 16.8 Å². The minimum Gasteiger partial charge on any atom is -0.433 e. The summed E-state index contributed by atoms with van der Waals surface area (Å²) < 4.78 is 28.4. The first-order valence-electron chi connectivity index (χ1n) is 5.53. The number of halogens is 3. The smallest absolute Gasteiger partial charge is 0.387 e. The summed E-state index contributed by atoms with van der Waals surface area (Å²) in [5.41, 5.74) is 2.70. The Morgan fingerprint density at radius 3 is 2.84 bits per heavy atom. The molecule has 0 aliphatic rings. The van der Waals surface area contributed by atoms with Gasteiger partial charge in [0.2, 0.25) is 0 Å². The lowest BCUT2D eigenvalue weighted by Gasteiger charge is -2.10. The third-order valence-electron chi connectivity index (χ3n) is 2.57. The minimum absolute atomic E-state index is 0.0401. The van der Waals surface area contributed by atoms with Gasteiger partial charge in [-0.1, -0.05) is 11.6 Å². The van der Waals surface area contributed by atoms with Crippen molar-refractivity contribution in [3.63, 3.8) is 0 Å². The number of aryl methyl sites for hydroxylation is 1. The molecule has 2 N–H and O–H groups in total. The van der Waals surface area contributed by atoms with Crippen LogP contribution in [0, 0.1) is 6.92 Å². The van der Waals surface area contributed by atoms with Gasteiger partial charge in [0.1, 0.15) is 5.75 Å². The van der Waals surface area contributed by atoms with E-state index in [9.17, 15) is 8.78 Å². The summed E-state index contributed by atoms with van der Waals surface area (Å²) >= 11 is 5.85. The van der Waals surface area contributed by atoms with E-state index >= 15 is 0 Å². The number of aromatic nitrogens is 2. The number of alkyl halides is 2. The van der Waals surface area contributed by atoms with Gasteiger partial charge in [0, 0.05) is 23.5 Å². The number of nitrogens with one attached hydrogen (secondary N) is 2. The fraction of sp³-hybridized carbons (Fsp3) is 0.250. The van der Waals surface area contributed by atoms with Gasteiger partial charge in [-0.05, 0) is 25.1 Å². The number of aromatic amines is 1. The number of nitrogens with zero attached hydrogens (tertiary/aromatic N) is 1. The molecule has 0 amide bonds. The Bertz CT molecular complexity index is 560. The van der Waals surface area contributed by atoms with Crippen molar-refractivity contribution in [3.8, 4) is 5.75 Å². The van der Waals surface area contributed by atoms with Gasteiger partial charge in [-0.15, -0.1) is 0 Å². The van der Waals surface area contributed by atoms with Gasteiger partial charge in [0.15, 0.2) is 0 Å². The molecule has 0 aliphatic heterocycles. The molecule has 0 saturated carbocycles. The molecule has 1 heterocycles. The van der Waals surface area contributed by atoms with Gasteiger partial charge >= 0.3 is 6.61 Å². The van der Waals surface area contributed by atoms with Gasteiger partial charge in [0.05, 0.1) is 11.2 Å². The van der Waals surface area contributed by atoms with Crippen molar-refractivity contribution in [2.75, 3.05) is 5.32 Å². The van der Waals surface area contributed by atoms with E-state index in [4.69, 9.17) is 11.6 Å². The zero-order valence-electron chi connectivity index (χ0n) is 10.1. The van der Waals surface area contributed by atoms with Crippen LogP contribution in [0.2, 0.25) is 5.02 Å². The van der Waals surface area contributed by atoms with Crippen LogP contribution >= 0.6 is 11.6 Å². The number of rotatable bonds is 5. The second-order valence-corrected chi connectivity index (χ2v) is 4.30. The first kappa shape index (κ1) is 13.6. The van der Waals surface area contributed by atoms with Gasteiger partial charge in [-0.25, -0.2) is 0 Å². The van der Waals surface area contributed by atoms with E-state index in [2.05, 4.69) is 20.3 Å². The molecule has 0 fully saturated rings. The Morgan fingerprint density at radius 1 is 1.47 bits per heavy atom. The van der Waals surface area contributed by atoms with Gasteiger partial charge in [0.25, 0.3) is 0 Å². The summed E-state index contributed by atoms with van der Waals surface area (Å²) in [6.45, 7) is -0.408. The molecular weight excluding hydrogens is 276 g/mol. The average molecular weight is 288 g/mol. The van der Waals surface area contributed by atoms with Crippen LogP contribution in [0.15, 0.2) is 24.4 Å². The molecule has 102 valence electrons. The molecule has 0 aliphatic carbocycles. The van der Waals surface area contributed by atoms with Crippen molar-refractivity contribution in [2.24, 2.45) is 0 Å². The number of H-pyrrole nitrogens is 1. The van der Waals surface area contributed by atoms with Crippen LogP contribution in [0.5, 0.6) is 5.75 Å². The zero-order chi connectivity index (χ0) is 13.8. The molecule has 1 aromatic heterocycles. The predicted octanol–water partition coefficient (Wildman–Crippen LogP) is 3.59. The molecule has 0 spiro atoms. The summed E-state index contributed by atoms with van der Waals surface area (Å²) in [5, 5.41) is 9.99. The Balaban J connectivity index is 2.02. The van der Waals surface area contributed by atoms with Crippen molar-refractivity contribution >= 4 is 17.3 Å². The van der Waals surface area contributed by atoms with Crippen LogP contribution in [0.4, 0.5) is 14.5 Å². The first-order chi connectivity index (χ1) is 9.06. The number of hydrogen-bond donors (Lipinski definition) is 2. The quantitative estimate of drug-likeness (QED) is 0.883. The molecule has 0 unspecified atom stereocenters. The highest BCUT2D eigenvalue weighted by atomic mass is 35.5. The number of hydrogen-bond acceptors (Lipinski definition) is 3. The lowest BCUT2D eigenvalue weighted by atomic mass is 10.2. The Labute approximate surface area is 113 Å². The molecule has 0 radical (unpaired) electrons. The largest absolute Gasteiger partial charge is 0.433 e. The van der Waals surface area contributed by atoms with E-state index < -0.39 is 6.61 Å². The molecular formula is C12H12ClF2N3O.